The summed E-state index contributed by atoms with van der Waals surface area (Å²) in [7, 11) is 3.46. The summed E-state index contributed by atoms with van der Waals surface area (Å²) in [4.78, 5) is 13.6. The lowest BCUT2D eigenvalue weighted by Crippen LogP contribution is -2.42. The third kappa shape index (κ3) is 4.05. The van der Waals surface area contributed by atoms with Gasteiger partial charge in [-0.2, -0.15) is 0 Å². The molecule has 0 heterocycles. The summed E-state index contributed by atoms with van der Waals surface area (Å²) in [5, 5.41) is 2.88. The van der Waals surface area contributed by atoms with Gasteiger partial charge in [0.1, 0.15) is 17.6 Å². The lowest BCUT2D eigenvalue weighted by Gasteiger charge is -2.20. The molecule has 0 saturated heterocycles. The maximum atomic E-state index is 11.8. The molecule has 1 N–H and O–H groups in total. The quantitative estimate of drug-likeness (QED) is 0.868. The Hall–Kier alpha value is -1.91. The third-order valence-corrected chi connectivity index (χ3v) is 3.33. The van der Waals surface area contributed by atoms with Crippen molar-refractivity contribution in [1.29, 1.82) is 0 Å². The van der Waals surface area contributed by atoms with Gasteiger partial charge < -0.3 is 19.7 Å². The lowest BCUT2D eigenvalue weighted by atomic mass is 10.3. The minimum absolute atomic E-state index is 0.0337. The molecule has 1 atom stereocenters. The van der Waals surface area contributed by atoms with E-state index >= 15 is 0 Å². The van der Waals surface area contributed by atoms with E-state index in [0.29, 0.717) is 12.6 Å². The highest BCUT2D eigenvalue weighted by Crippen LogP contribution is 2.25. The summed E-state index contributed by atoms with van der Waals surface area (Å²) in [6.45, 7) is 2.41. The summed E-state index contributed by atoms with van der Waals surface area (Å²) in [5.74, 6) is 1.49. The number of rotatable bonds is 6. The van der Waals surface area contributed by atoms with Crippen molar-refractivity contribution in [2.75, 3.05) is 20.7 Å². The van der Waals surface area contributed by atoms with Gasteiger partial charge in [-0.3, -0.25) is 0 Å². The summed E-state index contributed by atoms with van der Waals surface area (Å²) in [6.07, 6.45) is 2.12. The van der Waals surface area contributed by atoms with Crippen LogP contribution in [0.1, 0.15) is 19.8 Å². The standard InChI is InChI=1S/C15H22N2O3/c1-11(10-16-15(18)17(2)12-7-8-12)20-14-6-4-5-13(9-14)19-3/h4-6,9,11-12H,7-8,10H2,1-3H3,(H,16,18)/t11-/m0/s1. The summed E-state index contributed by atoms with van der Waals surface area (Å²) >= 11 is 0. The zero-order valence-corrected chi connectivity index (χ0v) is 12.3. The molecule has 110 valence electrons. The van der Waals surface area contributed by atoms with Crippen molar-refractivity contribution in [3.63, 3.8) is 0 Å². The van der Waals surface area contributed by atoms with Crippen molar-refractivity contribution in [1.82, 2.24) is 10.2 Å². The first kappa shape index (κ1) is 14.5. The van der Waals surface area contributed by atoms with Gasteiger partial charge in [-0.1, -0.05) is 6.07 Å². The number of hydrogen-bond acceptors (Lipinski definition) is 3. The maximum absolute atomic E-state index is 11.8. The highest BCUT2D eigenvalue weighted by molar-refractivity contribution is 5.74. The van der Waals surface area contributed by atoms with Crippen LogP contribution in [-0.2, 0) is 0 Å². The fourth-order valence-electron chi connectivity index (χ4n) is 1.93. The predicted octanol–water partition coefficient (Wildman–Crippen LogP) is 2.27. The van der Waals surface area contributed by atoms with E-state index in [1.165, 1.54) is 0 Å². The van der Waals surface area contributed by atoms with E-state index in [9.17, 15) is 4.79 Å². The molecule has 1 aromatic carbocycles. The third-order valence-electron chi connectivity index (χ3n) is 3.33. The minimum atomic E-state index is -0.0985. The molecule has 0 spiro atoms. The Morgan fingerprint density at radius 1 is 1.45 bits per heavy atom. The smallest absolute Gasteiger partial charge is 0.317 e. The van der Waals surface area contributed by atoms with Gasteiger partial charge in [0.25, 0.3) is 0 Å². The van der Waals surface area contributed by atoms with Gasteiger partial charge in [-0.15, -0.1) is 0 Å². The zero-order valence-electron chi connectivity index (χ0n) is 12.3. The van der Waals surface area contributed by atoms with Gasteiger partial charge in [0.15, 0.2) is 0 Å². The van der Waals surface area contributed by atoms with Crippen LogP contribution in [0.4, 0.5) is 4.79 Å². The topological polar surface area (TPSA) is 50.8 Å². The van der Waals surface area contributed by atoms with E-state index in [2.05, 4.69) is 5.32 Å². The predicted molar refractivity (Wildman–Crippen MR) is 77.3 cm³/mol. The number of methoxy groups -OCH3 is 1. The van der Waals surface area contributed by atoms with Crippen molar-refractivity contribution in [2.24, 2.45) is 0 Å². The molecule has 1 saturated carbocycles. The first-order valence-electron chi connectivity index (χ1n) is 6.91. The Labute approximate surface area is 119 Å². The fourth-order valence-corrected chi connectivity index (χ4v) is 1.93. The van der Waals surface area contributed by atoms with Crippen LogP contribution < -0.4 is 14.8 Å². The number of ether oxygens (including phenoxy) is 2. The largest absolute Gasteiger partial charge is 0.497 e. The molecule has 2 rings (SSSR count). The van der Waals surface area contributed by atoms with E-state index in [1.807, 2.05) is 38.2 Å². The van der Waals surface area contributed by atoms with Gasteiger partial charge in [-0.25, -0.2) is 4.79 Å². The van der Waals surface area contributed by atoms with Crippen LogP contribution in [0.25, 0.3) is 0 Å². The average molecular weight is 278 g/mol. The monoisotopic (exact) mass is 278 g/mol. The molecule has 1 aliphatic rings. The molecular weight excluding hydrogens is 256 g/mol. The second-order valence-electron chi connectivity index (χ2n) is 5.14. The molecule has 0 aromatic heterocycles. The molecule has 0 radical (unpaired) electrons. The van der Waals surface area contributed by atoms with Gasteiger partial charge >= 0.3 is 6.03 Å². The molecule has 20 heavy (non-hydrogen) atoms. The van der Waals surface area contributed by atoms with Gasteiger partial charge in [0, 0.05) is 19.2 Å². The van der Waals surface area contributed by atoms with Crippen LogP contribution in [0.3, 0.4) is 0 Å². The van der Waals surface area contributed by atoms with Crippen molar-refractivity contribution in [3.8, 4) is 11.5 Å². The van der Waals surface area contributed by atoms with Crippen molar-refractivity contribution < 1.29 is 14.3 Å². The first-order valence-corrected chi connectivity index (χ1v) is 6.91. The van der Waals surface area contributed by atoms with Crippen LogP contribution in [0.5, 0.6) is 11.5 Å². The zero-order chi connectivity index (χ0) is 14.5. The van der Waals surface area contributed by atoms with Crippen LogP contribution in [0.2, 0.25) is 0 Å². The van der Waals surface area contributed by atoms with E-state index in [4.69, 9.17) is 9.47 Å². The van der Waals surface area contributed by atoms with Crippen molar-refractivity contribution in [2.45, 2.75) is 31.9 Å². The number of urea groups is 1. The maximum Gasteiger partial charge on any atom is 0.317 e. The summed E-state index contributed by atoms with van der Waals surface area (Å²) in [5.41, 5.74) is 0. The van der Waals surface area contributed by atoms with Crippen LogP contribution in [0.15, 0.2) is 24.3 Å². The molecule has 1 aliphatic carbocycles. The van der Waals surface area contributed by atoms with Gasteiger partial charge in [0.2, 0.25) is 0 Å². The van der Waals surface area contributed by atoms with Crippen LogP contribution >= 0.6 is 0 Å². The van der Waals surface area contributed by atoms with E-state index in [-0.39, 0.29) is 12.1 Å². The van der Waals surface area contributed by atoms with Crippen molar-refractivity contribution >= 4 is 6.03 Å². The molecule has 0 aliphatic heterocycles. The molecule has 1 aromatic rings. The molecule has 2 amide bonds. The van der Waals surface area contributed by atoms with E-state index in [0.717, 1.165) is 24.3 Å². The SMILES string of the molecule is COc1cccc(O[C@@H](C)CNC(=O)N(C)C2CC2)c1. The average Bonchev–Trinajstić information content (AvgIpc) is 3.28. The highest BCUT2D eigenvalue weighted by Gasteiger charge is 2.29. The number of carbonyl (C=O) groups is 1. The molecule has 0 bridgehead atoms. The number of nitrogens with zero attached hydrogens (tertiary/aromatic N) is 1. The Bertz CT molecular complexity index is 460. The second-order valence-corrected chi connectivity index (χ2v) is 5.14. The lowest BCUT2D eigenvalue weighted by molar-refractivity contribution is 0.188. The number of carbonyl (C=O) groups excluding carboxylic acids is 1. The second kappa shape index (κ2) is 6.50. The van der Waals surface area contributed by atoms with Crippen molar-refractivity contribution in [3.05, 3.63) is 24.3 Å². The summed E-state index contributed by atoms with van der Waals surface area (Å²) < 4.78 is 10.9. The number of nitrogens with one attached hydrogen (secondary N) is 1. The molecule has 5 heteroatoms. The number of benzene rings is 1. The Kier molecular flexibility index (Phi) is 4.71. The number of amides is 2. The van der Waals surface area contributed by atoms with Gasteiger partial charge in [-0.05, 0) is 31.9 Å². The van der Waals surface area contributed by atoms with E-state index < -0.39 is 0 Å². The summed E-state index contributed by atoms with van der Waals surface area (Å²) in [6, 6.07) is 7.83. The molecule has 5 nitrogen and oxygen atoms in total. The molecular formula is C15H22N2O3. The van der Waals surface area contributed by atoms with Crippen LogP contribution in [0, 0.1) is 0 Å². The van der Waals surface area contributed by atoms with Gasteiger partial charge in [0.05, 0.1) is 13.7 Å². The van der Waals surface area contributed by atoms with Crippen LogP contribution in [-0.4, -0.2) is 43.8 Å². The molecule has 1 fully saturated rings. The Morgan fingerprint density at radius 3 is 2.80 bits per heavy atom. The fraction of sp³-hybridized carbons (Fsp3) is 0.533. The Morgan fingerprint density at radius 2 is 2.15 bits per heavy atom. The number of hydrogen-bond donors (Lipinski definition) is 1. The van der Waals surface area contributed by atoms with E-state index in [1.54, 1.807) is 12.0 Å². The first-order chi connectivity index (χ1) is 9.60. The Balaban J connectivity index is 1.76. The normalized spacial score (nSPS) is 15.3. The molecule has 0 unspecified atom stereocenters. The minimum Gasteiger partial charge on any atom is -0.497 e. The highest BCUT2D eigenvalue weighted by atomic mass is 16.5.